The molecule has 0 atom stereocenters. The Labute approximate surface area is 111 Å². The summed E-state index contributed by atoms with van der Waals surface area (Å²) >= 11 is 3.71. The molecule has 0 spiro atoms. The summed E-state index contributed by atoms with van der Waals surface area (Å²) in [6.07, 6.45) is 0. The second kappa shape index (κ2) is 6.12. The molecular weight excluding hydrogens is 246 g/mol. The highest BCUT2D eigenvalue weighted by molar-refractivity contribution is 7.78. The Bertz CT molecular complexity index is 511. The number of nitrogens with one attached hydrogen (secondary N) is 1. The average Bonchev–Trinajstić information content (AvgIpc) is 2.46. The summed E-state index contributed by atoms with van der Waals surface area (Å²) in [7, 11) is 0. The van der Waals surface area contributed by atoms with Gasteiger partial charge in [0.2, 0.25) is 0 Å². The van der Waals surface area contributed by atoms with Crippen LogP contribution in [-0.2, 0) is 6.61 Å². The minimum Gasteiger partial charge on any atom is -0.489 e. The minimum atomic E-state index is -0.229. The average molecular weight is 259 g/mol. The number of benzene rings is 2. The van der Waals surface area contributed by atoms with Gasteiger partial charge in [0.15, 0.2) is 0 Å². The fraction of sp³-hybridized carbons (Fsp3) is 0.0714. The highest BCUT2D eigenvalue weighted by atomic mass is 32.1. The van der Waals surface area contributed by atoms with Crippen LogP contribution >= 0.6 is 12.8 Å². The quantitative estimate of drug-likeness (QED) is 0.829. The van der Waals surface area contributed by atoms with Crippen molar-refractivity contribution < 1.29 is 9.53 Å². The van der Waals surface area contributed by atoms with Crippen molar-refractivity contribution in [3.8, 4) is 5.75 Å². The van der Waals surface area contributed by atoms with E-state index in [1.807, 2.05) is 30.3 Å². The summed E-state index contributed by atoms with van der Waals surface area (Å²) in [5.74, 6) is 0.502. The van der Waals surface area contributed by atoms with Gasteiger partial charge in [0.1, 0.15) is 12.4 Å². The summed E-state index contributed by atoms with van der Waals surface area (Å²) in [5, 5.41) is 0. The molecule has 2 aromatic carbocycles. The van der Waals surface area contributed by atoms with Crippen molar-refractivity contribution in [3.63, 3.8) is 0 Å². The van der Waals surface area contributed by atoms with Crippen molar-refractivity contribution in [2.75, 3.05) is 0 Å². The van der Waals surface area contributed by atoms with E-state index in [0.29, 0.717) is 12.2 Å². The number of ether oxygens (including phenoxy) is 1. The molecule has 1 amide bonds. The van der Waals surface area contributed by atoms with Crippen molar-refractivity contribution in [2.45, 2.75) is 6.61 Å². The van der Waals surface area contributed by atoms with Crippen LogP contribution in [-0.4, -0.2) is 5.91 Å². The molecular formula is C14H13NO2S. The molecule has 0 aliphatic carbocycles. The van der Waals surface area contributed by atoms with E-state index >= 15 is 0 Å². The zero-order valence-electron chi connectivity index (χ0n) is 9.67. The lowest BCUT2D eigenvalue weighted by Crippen LogP contribution is -2.12. The smallest absolute Gasteiger partial charge is 0.260 e. The third-order valence-corrected chi connectivity index (χ3v) is 2.67. The van der Waals surface area contributed by atoms with E-state index < -0.39 is 0 Å². The number of hydrogen-bond acceptors (Lipinski definition) is 3. The van der Waals surface area contributed by atoms with E-state index in [2.05, 4.69) is 17.5 Å². The molecule has 0 aliphatic rings. The second-order valence-electron chi connectivity index (χ2n) is 3.74. The van der Waals surface area contributed by atoms with E-state index in [4.69, 9.17) is 4.74 Å². The SMILES string of the molecule is O=C(NS)c1ccc(OCc2ccccc2)cc1. The van der Waals surface area contributed by atoms with Gasteiger partial charge in [0, 0.05) is 5.56 Å². The van der Waals surface area contributed by atoms with Gasteiger partial charge in [0.05, 0.1) is 0 Å². The van der Waals surface area contributed by atoms with Crippen molar-refractivity contribution in [1.29, 1.82) is 0 Å². The summed E-state index contributed by atoms with van der Waals surface area (Å²) in [5.41, 5.74) is 1.66. The van der Waals surface area contributed by atoms with Gasteiger partial charge in [-0.05, 0) is 29.8 Å². The third-order valence-electron chi connectivity index (χ3n) is 2.47. The Hall–Kier alpha value is -1.94. The second-order valence-corrected chi connectivity index (χ2v) is 3.96. The lowest BCUT2D eigenvalue weighted by atomic mass is 10.2. The Morgan fingerprint density at radius 1 is 1.06 bits per heavy atom. The molecule has 0 saturated carbocycles. The zero-order valence-corrected chi connectivity index (χ0v) is 10.6. The highest BCUT2D eigenvalue weighted by Crippen LogP contribution is 2.14. The molecule has 0 radical (unpaired) electrons. The Balaban J connectivity index is 1.97. The fourth-order valence-electron chi connectivity index (χ4n) is 1.51. The van der Waals surface area contributed by atoms with Gasteiger partial charge in [0.25, 0.3) is 5.91 Å². The molecule has 18 heavy (non-hydrogen) atoms. The van der Waals surface area contributed by atoms with Gasteiger partial charge in [-0.3, -0.25) is 9.52 Å². The topological polar surface area (TPSA) is 38.3 Å². The van der Waals surface area contributed by atoms with Gasteiger partial charge in [-0.25, -0.2) is 0 Å². The Kier molecular flexibility index (Phi) is 4.25. The van der Waals surface area contributed by atoms with E-state index in [1.165, 1.54) is 0 Å². The molecule has 92 valence electrons. The molecule has 0 fully saturated rings. The summed E-state index contributed by atoms with van der Waals surface area (Å²) in [6, 6.07) is 16.8. The fourth-order valence-corrected chi connectivity index (χ4v) is 1.64. The molecule has 2 aromatic rings. The number of carbonyl (C=O) groups excluding carboxylic acids is 1. The van der Waals surface area contributed by atoms with Crippen molar-refractivity contribution >= 4 is 18.7 Å². The first-order valence-electron chi connectivity index (χ1n) is 5.51. The van der Waals surface area contributed by atoms with Crippen LogP contribution in [0.2, 0.25) is 0 Å². The number of carbonyl (C=O) groups is 1. The predicted molar refractivity (Wildman–Crippen MR) is 73.7 cm³/mol. The summed E-state index contributed by atoms with van der Waals surface area (Å²) < 4.78 is 7.88. The van der Waals surface area contributed by atoms with Crippen LogP contribution in [0, 0.1) is 0 Å². The minimum absolute atomic E-state index is 0.229. The highest BCUT2D eigenvalue weighted by Gasteiger charge is 2.03. The molecule has 0 unspecified atom stereocenters. The lowest BCUT2D eigenvalue weighted by Gasteiger charge is -2.06. The molecule has 0 heterocycles. The maximum Gasteiger partial charge on any atom is 0.260 e. The van der Waals surface area contributed by atoms with Gasteiger partial charge in [-0.15, -0.1) is 0 Å². The number of rotatable bonds is 4. The summed E-state index contributed by atoms with van der Waals surface area (Å²) in [4.78, 5) is 11.3. The Morgan fingerprint density at radius 3 is 2.33 bits per heavy atom. The molecule has 0 saturated heterocycles. The van der Waals surface area contributed by atoms with Gasteiger partial charge in [-0.1, -0.05) is 43.1 Å². The standard InChI is InChI=1S/C14H13NO2S/c16-14(15-18)12-6-8-13(9-7-12)17-10-11-4-2-1-3-5-11/h1-9,18H,10H2,(H,15,16). The molecule has 0 aliphatic heterocycles. The van der Waals surface area contributed by atoms with E-state index in [9.17, 15) is 4.79 Å². The van der Waals surface area contributed by atoms with Gasteiger partial charge >= 0.3 is 0 Å². The maximum atomic E-state index is 11.3. The van der Waals surface area contributed by atoms with Crippen molar-refractivity contribution in [3.05, 3.63) is 65.7 Å². The number of amides is 1. The van der Waals surface area contributed by atoms with Crippen LogP contribution in [0.25, 0.3) is 0 Å². The van der Waals surface area contributed by atoms with Crippen LogP contribution < -0.4 is 9.46 Å². The predicted octanol–water partition coefficient (Wildman–Crippen LogP) is 2.84. The van der Waals surface area contributed by atoms with Crippen molar-refractivity contribution in [1.82, 2.24) is 4.72 Å². The molecule has 1 N–H and O–H groups in total. The van der Waals surface area contributed by atoms with E-state index in [-0.39, 0.29) is 5.91 Å². The largest absolute Gasteiger partial charge is 0.489 e. The first-order valence-corrected chi connectivity index (χ1v) is 5.95. The van der Waals surface area contributed by atoms with Crippen LogP contribution in [0.5, 0.6) is 5.75 Å². The van der Waals surface area contributed by atoms with E-state index in [0.717, 1.165) is 11.3 Å². The zero-order chi connectivity index (χ0) is 12.8. The molecule has 2 rings (SSSR count). The monoisotopic (exact) mass is 259 g/mol. The molecule has 3 nitrogen and oxygen atoms in total. The van der Waals surface area contributed by atoms with Crippen LogP contribution in [0.4, 0.5) is 0 Å². The van der Waals surface area contributed by atoms with Crippen LogP contribution in [0.3, 0.4) is 0 Å². The third kappa shape index (κ3) is 3.28. The van der Waals surface area contributed by atoms with Crippen molar-refractivity contribution in [2.24, 2.45) is 0 Å². The molecule has 0 aromatic heterocycles. The van der Waals surface area contributed by atoms with Gasteiger partial charge < -0.3 is 4.74 Å². The Morgan fingerprint density at radius 2 is 1.72 bits per heavy atom. The van der Waals surface area contributed by atoms with Crippen LogP contribution in [0.15, 0.2) is 54.6 Å². The maximum absolute atomic E-state index is 11.3. The van der Waals surface area contributed by atoms with Crippen LogP contribution in [0.1, 0.15) is 15.9 Å². The molecule has 4 heteroatoms. The van der Waals surface area contributed by atoms with Gasteiger partial charge in [-0.2, -0.15) is 0 Å². The first kappa shape index (κ1) is 12.5. The number of thiol groups is 1. The van der Waals surface area contributed by atoms with E-state index in [1.54, 1.807) is 24.3 Å². The first-order chi connectivity index (χ1) is 8.79. The summed E-state index contributed by atoms with van der Waals surface area (Å²) in [6.45, 7) is 0.513. The molecule has 0 bridgehead atoms. The number of hydrogen-bond donors (Lipinski definition) is 2. The lowest BCUT2D eigenvalue weighted by molar-refractivity contribution is 0.0985. The normalized spacial score (nSPS) is 9.83.